The molecule has 2 aliphatic carbocycles. The standard InChI is InChI=1S/C18H32O/c1-15(2)16-9-8-13-18(19,14-12-16)17-10-6-4-3-5-7-11-17/h10,15-16,19H,3-9,11-14H2,1-2H3. The molecule has 0 amide bonds. The molecule has 1 fully saturated rings. The summed E-state index contributed by atoms with van der Waals surface area (Å²) in [6.07, 6.45) is 15.8. The Hall–Kier alpha value is -0.300. The highest BCUT2D eigenvalue weighted by molar-refractivity contribution is 5.18. The second-order valence-electron chi connectivity index (χ2n) is 7.15. The first kappa shape index (κ1) is 15.1. The van der Waals surface area contributed by atoms with Crippen molar-refractivity contribution in [2.45, 2.75) is 90.1 Å². The number of hydrogen-bond donors (Lipinski definition) is 1. The minimum absolute atomic E-state index is 0.457. The molecule has 110 valence electrons. The molecular weight excluding hydrogens is 232 g/mol. The zero-order valence-electron chi connectivity index (χ0n) is 13.0. The van der Waals surface area contributed by atoms with Crippen LogP contribution in [0.15, 0.2) is 11.6 Å². The molecule has 2 unspecified atom stereocenters. The van der Waals surface area contributed by atoms with Gasteiger partial charge in [-0.25, -0.2) is 0 Å². The maximum atomic E-state index is 11.1. The molecule has 0 aliphatic heterocycles. The number of allylic oxidation sites excluding steroid dienone is 1. The smallest absolute Gasteiger partial charge is 0.0856 e. The highest BCUT2D eigenvalue weighted by Crippen LogP contribution is 2.40. The minimum Gasteiger partial charge on any atom is -0.386 e. The van der Waals surface area contributed by atoms with E-state index in [0.717, 1.165) is 31.1 Å². The third kappa shape index (κ3) is 4.08. The van der Waals surface area contributed by atoms with Gasteiger partial charge in [0, 0.05) is 0 Å². The largest absolute Gasteiger partial charge is 0.386 e. The van der Waals surface area contributed by atoms with E-state index in [2.05, 4.69) is 19.9 Å². The summed E-state index contributed by atoms with van der Waals surface area (Å²) >= 11 is 0. The summed E-state index contributed by atoms with van der Waals surface area (Å²) in [6.45, 7) is 4.67. The van der Waals surface area contributed by atoms with Gasteiger partial charge in [0.25, 0.3) is 0 Å². The molecular formula is C18H32O. The second-order valence-corrected chi connectivity index (χ2v) is 7.15. The fourth-order valence-electron chi connectivity index (χ4n) is 3.95. The number of rotatable bonds is 2. The van der Waals surface area contributed by atoms with E-state index in [0.29, 0.717) is 0 Å². The Morgan fingerprint density at radius 2 is 1.84 bits per heavy atom. The molecule has 2 rings (SSSR count). The van der Waals surface area contributed by atoms with Crippen LogP contribution in [0.25, 0.3) is 0 Å². The van der Waals surface area contributed by atoms with Gasteiger partial charge in [-0.1, -0.05) is 39.2 Å². The van der Waals surface area contributed by atoms with Crippen LogP contribution in [-0.4, -0.2) is 10.7 Å². The van der Waals surface area contributed by atoms with Crippen molar-refractivity contribution >= 4 is 0 Å². The molecule has 0 aromatic heterocycles. The Kier molecular flexibility index (Phi) is 5.50. The van der Waals surface area contributed by atoms with Crippen LogP contribution >= 0.6 is 0 Å². The van der Waals surface area contributed by atoms with Crippen LogP contribution in [0, 0.1) is 11.8 Å². The predicted octanol–water partition coefficient (Wildman–Crippen LogP) is 5.23. The van der Waals surface area contributed by atoms with Crippen molar-refractivity contribution in [1.82, 2.24) is 0 Å². The van der Waals surface area contributed by atoms with E-state index in [1.165, 1.54) is 56.9 Å². The second kappa shape index (κ2) is 6.92. The monoisotopic (exact) mass is 264 g/mol. The highest BCUT2D eigenvalue weighted by atomic mass is 16.3. The Labute approximate surface area is 119 Å². The summed E-state index contributed by atoms with van der Waals surface area (Å²) in [7, 11) is 0. The van der Waals surface area contributed by atoms with Crippen LogP contribution in [-0.2, 0) is 0 Å². The average Bonchev–Trinajstić information content (AvgIpc) is 2.51. The molecule has 0 aromatic rings. The van der Waals surface area contributed by atoms with Gasteiger partial charge in [0.2, 0.25) is 0 Å². The normalized spacial score (nSPS) is 34.3. The predicted molar refractivity (Wildman–Crippen MR) is 82.1 cm³/mol. The summed E-state index contributed by atoms with van der Waals surface area (Å²) in [5, 5.41) is 11.1. The van der Waals surface area contributed by atoms with Gasteiger partial charge in [0.05, 0.1) is 5.60 Å². The first-order chi connectivity index (χ1) is 9.12. The van der Waals surface area contributed by atoms with Crippen LogP contribution in [0.5, 0.6) is 0 Å². The fraction of sp³-hybridized carbons (Fsp3) is 0.889. The first-order valence-electron chi connectivity index (χ1n) is 8.54. The number of hydrogen-bond acceptors (Lipinski definition) is 1. The lowest BCUT2D eigenvalue weighted by molar-refractivity contribution is 0.0559. The van der Waals surface area contributed by atoms with Gasteiger partial charge in [0.1, 0.15) is 0 Å². The lowest BCUT2D eigenvalue weighted by Gasteiger charge is -2.31. The fourth-order valence-corrected chi connectivity index (χ4v) is 3.95. The molecule has 0 bridgehead atoms. The zero-order valence-corrected chi connectivity index (χ0v) is 13.0. The summed E-state index contributed by atoms with van der Waals surface area (Å²) in [4.78, 5) is 0. The van der Waals surface area contributed by atoms with Gasteiger partial charge in [0.15, 0.2) is 0 Å². The molecule has 2 aliphatic rings. The van der Waals surface area contributed by atoms with Gasteiger partial charge in [-0.2, -0.15) is 0 Å². The van der Waals surface area contributed by atoms with E-state index in [9.17, 15) is 5.11 Å². The SMILES string of the molecule is CC(C)C1CCCC(O)(C2=CCCCCCC2)CC1. The van der Waals surface area contributed by atoms with Gasteiger partial charge in [-0.05, 0) is 68.8 Å². The molecule has 0 spiro atoms. The van der Waals surface area contributed by atoms with Crippen molar-refractivity contribution < 1.29 is 5.11 Å². The number of aliphatic hydroxyl groups is 1. The lowest BCUT2D eigenvalue weighted by Crippen LogP contribution is -2.31. The van der Waals surface area contributed by atoms with Crippen molar-refractivity contribution in [2.75, 3.05) is 0 Å². The Morgan fingerprint density at radius 1 is 1.05 bits per heavy atom. The molecule has 0 aromatic carbocycles. The zero-order chi connectivity index (χ0) is 13.7. The molecule has 19 heavy (non-hydrogen) atoms. The maximum Gasteiger partial charge on any atom is 0.0856 e. The van der Waals surface area contributed by atoms with Crippen LogP contribution in [0.3, 0.4) is 0 Å². The van der Waals surface area contributed by atoms with Crippen molar-refractivity contribution in [2.24, 2.45) is 11.8 Å². The first-order valence-corrected chi connectivity index (χ1v) is 8.54. The Bertz CT molecular complexity index is 305. The third-order valence-corrected chi connectivity index (χ3v) is 5.43. The van der Waals surface area contributed by atoms with E-state index < -0.39 is 5.60 Å². The van der Waals surface area contributed by atoms with E-state index in [4.69, 9.17) is 0 Å². The topological polar surface area (TPSA) is 20.2 Å². The third-order valence-electron chi connectivity index (χ3n) is 5.43. The molecule has 1 N–H and O–H groups in total. The molecule has 0 heterocycles. The van der Waals surface area contributed by atoms with E-state index in [-0.39, 0.29) is 0 Å². The van der Waals surface area contributed by atoms with E-state index >= 15 is 0 Å². The molecule has 1 nitrogen and oxygen atoms in total. The summed E-state index contributed by atoms with van der Waals surface area (Å²) < 4.78 is 0. The average molecular weight is 264 g/mol. The van der Waals surface area contributed by atoms with Gasteiger partial charge in [-0.3, -0.25) is 0 Å². The molecule has 0 saturated heterocycles. The van der Waals surface area contributed by atoms with Crippen LogP contribution in [0.1, 0.15) is 84.5 Å². The van der Waals surface area contributed by atoms with Crippen LogP contribution < -0.4 is 0 Å². The van der Waals surface area contributed by atoms with Crippen molar-refractivity contribution in [3.05, 3.63) is 11.6 Å². The maximum absolute atomic E-state index is 11.1. The van der Waals surface area contributed by atoms with Crippen LogP contribution in [0.2, 0.25) is 0 Å². The van der Waals surface area contributed by atoms with E-state index in [1.54, 1.807) is 0 Å². The van der Waals surface area contributed by atoms with Gasteiger partial charge < -0.3 is 5.11 Å². The Morgan fingerprint density at radius 3 is 2.63 bits per heavy atom. The summed E-state index contributed by atoms with van der Waals surface area (Å²) in [5.41, 5.74) is 0.928. The summed E-state index contributed by atoms with van der Waals surface area (Å²) in [5.74, 6) is 1.59. The minimum atomic E-state index is -0.457. The van der Waals surface area contributed by atoms with Gasteiger partial charge >= 0.3 is 0 Å². The summed E-state index contributed by atoms with van der Waals surface area (Å²) in [6, 6.07) is 0. The van der Waals surface area contributed by atoms with Crippen molar-refractivity contribution in [3.8, 4) is 0 Å². The molecule has 1 heteroatoms. The quantitative estimate of drug-likeness (QED) is 0.534. The van der Waals surface area contributed by atoms with Crippen LogP contribution in [0.4, 0.5) is 0 Å². The van der Waals surface area contributed by atoms with E-state index in [1.807, 2.05) is 0 Å². The van der Waals surface area contributed by atoms with Crippen molar-refractivity contribution in [3.63, 3.8) is 0 Å². The highest BCUT2D eigenvalue weighted by Gasteiger charge is 2.34. The molecule has 0 radical (unpaired) electrons. The molecule has 1 saturated carbocycles. The Balaban J connectivity index is 2.04. The van der Waals surface area contributed by atoms with Crippen molar-refractivity contribution in [1.29, 1.82) is 0 Å². The van der Waals surface area contributed by atoms with Gasteiger partial charge in [-0.15, -0.1) is 0 Å². The lowest BCUT2D eigenvalue weighted by atomic mass is 9.81. The molecule has 2 atom stereocenters.